The third-order valence-electron chi connectivity index (χ3n) is 5.69. The summed E-state index contributed by atoms with van der Waals surface area (Å²) < 4.78 is 26.8. The molecule has 1 aliphatic rings. The number of likely N-dealkylation sites (tertiary alicyclic amines) is 1. The van der Waals surface area contributed by atoms with Crippen LogP contribution in [-0.2, 0) is 11.2 Å². The summed E-state index contributed by atoms with van der Waals surface area (Å²) in [6.07, 6.45) is 2.83. The molecule has 1 unspecified atom stereocenters. The van der Waals surface area contributed by atoms with E-state index in [1.807, 2.05) is 32.0 Å². The Bertz CT molecular complexity index is 897. The lowest BCUT2D eigenvalue weighted by Gasteiger charge is -2.35. The Morgan fingerprint density at radius 2 is 1.74 bits per heavy atom. The number of carbonyl (C=O) groups is 2. The number of rotatable bonds is 6. The van der Waals surface area contributed by atoms with Crippen molar-refractivity contribution in [3.63, 3.8) is 0 Å². The molecule has 1 saturated heterocycles. The fraction of sp³-hybridized carbons (Fsp3) is 0.417. The standard InChI is InChI=1S/C24H29F2N3O2/c1-16(2)22(28-24(31)27-21-9-8-19(25)15-20(21)26)23(30)29-12-10-18(11-13-29)14-17-6-4-3-5-7-17/h3-9,15-16,18,22H,10-14H2,1-2H3,(H2,27,28,31). The number of carbonyl (C=O) groups excluding carboxylic acids is 2. The van der Waals surface area contributed by atoms with E-state index in [0.717, 1.165) is 31.4 Å². The second-order valence-corrected chi connectivity index (χ2v) is 8.40. The lowest BCUT2D eigenvalue weighted by molar-refractivity contribution is -0.135. The second kappa shape index (κ2) is 10.4. The molecule has 0 aliphatic carbocycles. The van der Waals surface area contributed by atoms with Gasteiger partial charge in [0.2, 0.25) is 5.91 Å². The smallest absolute Gasteiger partial charge is 0.319 e. The lowest BCUT2D eigenvalue weighted by atomic mass is 9.89. The van der Waals surface area contributed by atoms with E-state index < -0.39 is 23.7 Å². The van der Waals surface area contributed by atoms with Gasteiger partial charge < -0.3 is 15.5 Å². The molecule has 0 radical (unpaired) electrons. The van der Waals surface area contributed by atoms with Gasteiger partial charge in [-0.1, -0.05) is 44.2 Å². The van der Waals surface area contributed by atoms with Gasteiger partial charge >= 0.3 is 6.03 Å². The summed E-state index contributed by atoms with van der Waals surface area (Å²) in [6.45, 7) is 5.00. The van der Waals surface area contributed by atoms with Gasteiger partial charge in [-0.15, -0.1) is 0 Å². The minimum absolute atomic E-state index is 0.136. The average molecular weight is 430 g/mol. The van der Waals surface area contributed by atoms with E-state index in [-0.39, 0.29) is 17.5 Å². The Labute approximate surface area is 181 Å². The minimum Gasteiger partial charge on any atom is -0.341 e. The van der Waals surface area contributed by atoms with Crippen LogP contribution in [0.1, 0.15) is 32.3 Å². The molecule has 2 aromatic carbocycles. The number of hydrogen-bond acceptors (Lipinski definition) is 2. The van der Waals surface area contributed by atoms with E-state index in [4.69, 9.17) is 0 Å². The quantitative estimate of drug-likeness (QED) is 0.706. The highest BCUT2D eigenvalue weighted by atomic mass is 19.1. The Balaban J connectivity index is 1.54. The molecule has 166 valence electrons. The van der Waals surface area contributed by atoms with Crippen LogP contribution >= 0.6 is 0 Å². The van der Waals surface area contributed by atoms with E-state index in [0.29, 0.717) is 25.1 Å². The normalized spacial score (nSPS) is 15.6. The van der Waals surface area contributed by atoms with Gasteiger partial charge in [0.15, 0.2) is 0 Å². The highest BCUT2D eigenvalue weighted by molar-refractivity contribution is 5.94. The summed E-state index contributed by atoms with van der Waals surface area (Å²) >= 11 is 0. The van der Waals surface area contributed by atoms with Crippen LogP contribution in [0.15, 0.2) is 48.5 Å². The number of nitrogens with zero attached hydrogens (tertiary/aromatic N) is 1. The number of piperidine rings is 1. The van der Waals surface area contributed by atoms with Crippen molar-refractivity contribution >= 4 is 17.6 Å². The topological polar surface area (TPSA) is 61.4 Å². The summed E-state index contributed by atoms with van der Waals surface area (Å²) in [7, 11) is 0. The highest BCUT2D eigenvalue weighted by Gasteiger charge is 2.31. The first-order valence-corrected chi connectivity index (χ1v) is 10.7. The molecule has 7 heteroatoms. The maximum atomic E-state index is 13.8. The van der Waals surface area contributed by atoms with Gasteiger partial charge in [-0.25, -0.2) is 13.6 Å². The molecule has 31 heavy (non-hydrogen) atoms. The predicted octanol–water partition coefficient (Wildman–Crippen LogP) is 4.59. The number of amides is 3. The summed E-state index contributed by atoms with van der Waals surface area (Å²) in [5.74, 6) is -1.35. The number of benzene rings is 2. The van der Waals surface area contributed by atoms with Crippen molar-refractivity contribution in [3.8, 4) is 0 Å². The van der Waals surface area contributed by atoms with Crippen molar-refractivity contribution in [1.29, 1.82) is 0 Å². The maximum absolute atomic E-state index is 13.8. The van der Waals surface area contributed by atoms with Gasteiger partial charge in [-0.3, -0.25) is 4.79 Å². The first-order chi connectivity index (χ1) is 14.8. The van der Waals surface area contributed by atoms with E-state index in [9.17, 15) is 18.4 Å². The molecule has 0 spiro atoms. The van der Waals surface area contributed by atoms with Crippen LogP contribution in [0.3, 0.4) is 0 Å². The third-order valence-corrected chi connectivity index (χ3v) is 5.69. The number of urea groups is 1. The number of anilines is 1. The minimum atomic E-state index is -0.872. The van der Waals surface area contributed by atoms with Gasteiger partial charge in [0, 0.05) is 19.2 Å². The fourth-order valence-electron chi connectivity index (χ4n) is 3.91. The Morgan fingerprint density at radius 1 is 1.06 bits per heavy atom. The lowest BCUT2D eigenvalue weighted by Crippen LogP contribution is -2.53. The second-order valence-electron chi connectivity index (χ2n) is 8.40. The molecule has 3 rings (SSSR count). The summed E-state index contributed by atoms with van der Waals surface area (Å²) in [6, 6.07) is 11.8. The Kier molecular flexibility index (Phi) is 7.60. The number of halogens is 2. The molecule has 2 aromatic rings. The molecular formula is C24H29F2N3O2. The summed E-state index contributed by atoms with van der Waals surface area (Å²) in [5.41, 5.74) is 1.16. The molecule has 0 bridgehead atoms. The van der Waals surface area contributed by atoms with Gasteiger partial charge in [0.05, 0.1) is 5.69 Å². The molecule has 5 nitrogen and oxygen atoms in total. The van der Waals surface area contributed by atoms with Crippen LogP contribution in [0.4, 0.5) is 19.3 Å². The van der Waals surface area contributed by atoms with Crippen molar-refractivity contribution in [2.45, 2.75) is 39.2 Å². The summed E-state index contributed by atoms with van der Waals surface area (Å²) in [5, 5.41) is 5.01. The van der Waals surface area contributed by atoms with Crippen LogP contribution < -0.4 is 10.6 Å². The van der Waals surface area contributed by atoms with Crippen LogP contribution in [0.2, 0.25) is 0 Å². The van der Waals surface area contributed by atoms with E-state index >= 15 is 0 Å². The monoisotopic (exact) mass is 429 g/mol. The van der Waals surface area contributed by atoms with E-state index in [1.165, 1.54) is 5.56 Å². The van der Waals surface area contributed by atoms with E-state index in [2.05, 4.69) is 22.8 Å². The molecule has 1 aliphatic heterocycles. The molecule has 1 heterocycles. The van der Waals surface area contributed by atoms with E-state index in [1.54, 1.807) is 4.90 Å². The SMILES string of the molecule is CC(C)C(NC(=O)Nc1ccc(F)cc1F)C(=O)N1CCC(Cc2ccccc2)CC1. The van der Waals surface area contributed by atoms with Crippen LogP contribution in [0, 0.1) is 23.5 Å². The van der Waals surface area contributed by atoms with Crippen molar-refractivity contribution < 1.29 is 18.4 Å². The van der Waals surface area contributed by atoms with Crippen molar-refractivity contribution in [1.82, 2.24) is 10.2 Å². The summed E-state index contributed by atoms with van der Waals surface area (Å²) in [4.78, 5) is 27.2. The Hall–Kier alpha value is -2.96. The van der Waals surface area contributed by atoms with Gasteiger partial charge in [0.1, 0.15) is 17.7 Å². The predicted molar refractivity (Wildman–Crippen MR) is 117 cm³/mol. The zero-order chi connectivity index (χ0) is 22.4. The number of hydrogen-bond donors (Lipinski definition) is 2. The van der Waals surface area contributed by atoms with Crippen LogP contribution in [0.5, 0.6) is 0 Å². The zero-order valence-electron chi connectivity index (χ0n) is 17.9. The highest BCUT2D eigenvalue weighted by Crippen LogP contribution is 2.23. The molecule has 0 saturated carbocycles. The molecule has 2 N–H and O–H groups in total. The molecule has 0 aromatic heterocycles. The van der Waals surface area contributed by atoms with Gasteiger partial charge in [-0.05, 0) is 48.8 Å². The average Bonchev–Trinajstić information content (AvgIpc) is 2.75. The number of nitrogens with one attached hydrogen (secondary N) is 2. The van der Waals surface area contributed by atoms with Crippen LogP contribution in [0.25, 0.3) is 0 Å². The van der Waals surface area contributed by atoms with Gasteiger partial charge in [-0.2, -0.15) is 0 Å². The first kappa shape index (κ1) is 22.7. The maximum Gasteiger partial charge on any atom is 0.319 e. The molecule has 3 amide bonds. The first-order valence-electron chi connectivity index (χ1n) is 10.7. The zero-order valence-corrected chi connectivity index (χ0v) is 17.9. The molecule has 1 fully saturated rings. The fourth-order valence-corrected chi connectivity index (χ4v) is 3.91. The van der Waals surface area contributed by atoms with Crippen molar-refractivity contribution in [3.05, 3.63) is 65.7 Å². The van der Waals surface area contributed by atoms with Crippen molar-refractivity contribution in [2.75, 3.05) is 18.4 Å². The third kappa shape index (κ3) is 6.26. The largest absolute Gasteiger partial charge is 0.341 e. The molecule has 1 atom stereocenters. The van der Waals surface area contributed by atoms with Crippen molar-refractivity contribution in [2.24, 2.45) is 11.8 Å². The van der Waals surface area contributed by atoms with Crippen LogP contribution in [-0.4, -0.2) is 36.0 Å². The Morgan fingerprint density at radius 3 is 2.35 bits per heavy atom. The molecular weight excluding hydrogens is 400 g/mol. The van der Waals surface area contributed by atoms with Gasteiger partial charge in [0.25, 0.3) is 0 Å².